The first-order valence-corrected chi connectivity index (χ1v) is 6.90. The minimum atomic E-state index is -4.93. The molecule has 0 amide bonds. The molecule has 0 aromatic heterocycles. The molecule has 1 heterocycles. The zero-order valence-corrected chi connectivity index (χ0v) is 19.1. The van der Waals surface area contributed by atoms with Gasteiger partial charge in [0.25, 0.3) is 0 Å². The summed E-state index contributed by atoms with van der Waals surface area (Å²) in [5.41, 5.74) is 5.21. The number of aliphatic hydroxyl groups excluding tert-OH is 1. The van der Waals surface area contributed by atoms with Gasteiger partial charge in [0.1, 0.15) is 0 Å². The van der Waals surface area contributed by atoms with Gasteiger partial charge in [0.05, 0.1) is 5.69 Å². The van der Waals surface area contributed by atoms with Gasteiger partial charge in [-0.2, -0.15) is 0 Å². The molecule has 0 bridgehead atoms. The molecular weight excluding hydrogens is 333 g/mol. The van der Waals surface area contributed by atoms with Crippen LogP contribution in [0.2, 0.25) is 0 Å². The molecule has 1 aromatic carbocycles. The van der Waals surface area contributed by atoms with Crippen LogP contribution in [0.1, 0.15) is 11.1 Å². The Morgan fingerprint density at radius 1 is 1.20 bits per heavy atom. The molecule has 0 fully saturated rings. The standard InChI is InChI=1S/C11H15N2O4P.2K/c1-7-3-8(2)5-9(4-7)13-11(14)10(6-12-13)18(15,16)17;;/h3-5,12,14H,6H2,1-2H3,(H2,15,16,17);;/q;2*+1/p-2. The van der Waals surface area contributed by atoms with Crippen LogP contribution >= 0.6 is 7.60 Å². The Balaban J connectivity index is 0.00000180. The van der Waals surface area contributed by atoms with Crippen molar-refractivity contribution in [2.75, 3.05) is 11.6 Å². The molecule has 0 saturated heterocycles. The van der Waals surface area contributed by atoms with Gasteiger partial charge in [0, 0.05) is 11.9 Å². The van der Waals surface area contributed by atoms with Gasteiger partial charge in [-0.15, -0.1) is 0 Å². The van der Waals surface area contributed by atoms with Crippen molar-refractivity contribution in [3.8, 4) is 0 Å². The topological polar surface area (TPSA) is 98.7 Å². The molecule has 0 aliphatic carbocycles. The van der Waals surface area contributed by atoms with Gasteiger partial charge >= 0.3 is 103 Å². The molecule has 2 rings (SSSR count). The van der Waals surface area contributed by atoms with Crippen LogP contribution in [0.5, 0.6) is 0 Å². The molecule has 0 atom stereocenters. The molecule has 0 spiro atoms. The van der Waals surface area contributed by atoms with Crippen molar-refractivity contribution in [3.63, 3.8) is 0 Å². The van der Waals surface area contributed by atoms with E-state index < -0.39 is 18.8 Å². The maximum absolute atomic E-state index is 10.9. The molecule has 0 radical (unpaired) electrons. The first kappa shape index (κ1) is 21.9. The molecule has 0 unspecified atom stereocenters. The van der Waals surface area contributed by atoms with Crippen molar-refractivity contribution in [1.29, 1.82) is 0 Å². The Kier molecular flexibility index (Phi) is 9.54. The van der Waals surface area contributed by atoms with Crippen LogP contribution in [0.25, 0.3) is 0 Å². The average Bonchev–Trinajstić information content (AvgIpc) is 2.57. The fraction of sp³-hybridized carbons (Fsp3) is 0.273. The second kappa shape index (κ2) is 8.70. The number of hydrogen-bond donors (Lipinski definition) is 2. The number of aliphatic hydroxyl groups is 1. The van der Waals surface area contributed by atoms with Crippen molar-refractivity contribution < 1.29 is 122 Å². The number of rotatable bonds is 2. The second-order valence-corrected chi connectivity index (χ2v) is 5.82. The van der Waals surface area contributed by atoms with Gasteiger partial charge in [0.2, 0.25) is 5.88 Å². The van der Waals surface area contributed by atoms with Crippen LogP contribution in [-0.2, 0) is 4.57 Å². The second-order valence-electron chi connectivity index (χ2n) is 4.28. The largest absolute Gasteiger partial charge is 1.00 e. The zero-order chi connectivity index (χ0) is 13.5. The Bertz CT molecular complexity index is 553. The maximum atomic E-state index is 10.9. The van der Waals surface area contributed by atoms with Crippen LogP contribution in [0, 0.1) is 13.8 Å². The smallest absolute Gasteiger partial charge is 0.807 e. The number of benzene rings is 1. The Labute approximate surface area is 203 Å². The minimum Gasteiger partial charge on any atom is -0.807 e. The van der Waals surface area contributed by atoms with Crippen LogP contribution in [0.4, 0.5) is 5.69 Å². The van der Waals surface area contributed by atoms with Crippen molar-refractivity contribution in [1.82, 2.24) is 5.43 Å². The van der Waals surface area contributed by atoms with Gasteiger partial charge < -0.3 is 19.5 Å². The van der Waals surface area contributed by atoms with E-state index >= 15 is 0 Å². The van der Waals surface area contributed by atoms with Crippen molar-refractivity contribution >= 4 is 13.3 Å². The molecule has 1 aliphatic heterocycles. The molecule has 6 nitrogen and oxygen atoms in total. The number of nitrogens with one attached hydrogen (secondary N) is 1. The fourth-order valence-corrected chi connectivity index (χ4v) is 2.56. The van der Waals surface area contributed by atoms with Gasteiger partial charge in [-0.1, -0.05) is 6.07 Å². The van der Waals surface area contributed by atoms with E-state index in [0.29, 0.717) is 5.69 Å². The maximum Gasteiger partial charge on any atom is 1.00 e. The molecular formula is C11H13K2N2O4P. The number of nitrogens with zero attached hydrogens (tertiary/aromatic N) is 1. The summed E-state index contributed by atoms with van der Waals surface area (Å²) >= 11 is 0. The quantitative estimate of drug-likeness (QED) is 0.409. The predicted molar refractivity (Wildman–Crippen MR) is 63.7 cm³/mol. The normalized spacial score (nSPS) is 14.9. The van der Waals surface area contributed by atoms with E-state index in [1.165, 1.54) is 5.01 Å². The van der Waals surface area contributed by atoms with Crippen molar-refractivity contribution in [3.05, 3.63) is 40.5 Å². The third-order valence-electron chi connectivity index (χ3n) is 2.67. The predicted octanol–water partition coefficient (Wildman–Crippen LogP) is -5.72. The summed E-state index contributed by atoms with van der Waals surface area (Å²) in [5.74, 6) is -0.548. The summed E-state index contributed by atoms with van der Waals surface area (Å²) in [6.45, 7) is 3.59. The summed E-state index contributed by atoms with van der Waals surface area (Å²) < 4.78 is 10.9. The molecule has 98 valence electrons. The van der Waals surface area contributed by atoms with Gasteiger partial charge in [-0.3, -0.25) is 0 Å². The first-order valence-electron chi connectivity index (χ1n) is 5.35. The number of aryl methyl sites for hydroxylation is 2. The third-order valence-corrected chi connectivity index (χ3v) is 3.69. The van der Waals surface area contributed by atoms with Gasteiger partial charge in [0.15, 0.2) is 0 Å². The molecule has 0 saturated carbocycles. The molecule has 9 heteroatoms. The van der Waals surface area contributed by atoms with E-state index in [2.05, 4.69) is 5.43 Å². The molecule has 20 heavy (non-hydrogen) atoms. The minimum absolute atomic E-state index is 0. The number of hydrazine groups is 1. The van der Waals surface area contributed by atoms with E-state index in [-0.39, 0.29) is 109 Å². The van der Waals surface area contributed by atoms with E-state index in [1.807, 2.05) is 19.9 Å². The third kappa shape index (κ3) is 5.24. The van der Waals surface area contributed by atoms with E-state index in [4.69, 9.17) is 0 Å². The van der Waals surface area contributed by atoms with E-state index in [9.17, 15) is 19.5 Å². The Hall–Kier alpha value is 1.94. The monoisotopic (exact) mass is 346 g/mol. The SMILES string of the molecule is Cc1cc(C)cc(N2NCC(P(=O)([O-])[O-])=C2O)c1.[K+].[K+]. The summed E-state index contributed by atoms with van der Waals surface area (Å²) in [7, 11) is -4.93. The molecule has 1 aliphatic rings. The Morgan fingerprint density at radius 2 is 1.70 bits per heavy atom. The fourth-order valence-electron chi connectivity index (χ4n) is 1.95. The van der Waals surface area contributed by atoms with Crippen LogP contribution in [0.3, 0.4) is 0 Å². The van der Waals surface area contributed by atoms with Crippen molar-refractivity contribution in [2.24, 2.45) is 0 Å². The first-order chi connectivity index (χ1) is 8.29. The van der Waals surface area contributed by atoms with Crippen LogP contribution in [-0.4, -0.2) is 11.7 Å². The van der Waals surface area contributed by atoms with Crippen molar-refractivity contribution in [2.45, 2.75) is 13.8 Å². The molecule has 1 aromatic rings. The zero-order valence-electron chi connectivity index (χ0n) is 12.0. The summed E-state index contributed by atoms with van der Waals surface area (Å²) in [6.07, 6.45) is 0. The summed E-state index contributed by atoms with van der Waals surface area (Å²) in [4.78, 5) is 21.9. The average molecular weight is 346 g/mol. The number of hydrogen-bond acceptors (Lipinski definition) is 6. The van der Waals surface area contributed by atoms with Gasteiger partial charge in [-0.05, 0) is 44.7 Å². The summed E-state index contributed by atoms with van der Waals surface area (Å²) in [6, 6.07) is 5.51. The van der Waals surface area contributed by atoms with E-state index in [0.717, 1.165) is 11.1 Å². The van der Waals surface area contributed by atoms with Gasteiger partial charge in [-0.25, -0.2) is 10.4 Å². The van der Waals surface area contributed by atoms with Crippen LogP contribution in [0.15, 0.2) is 29.4 Å². The molecule has 2 N–H and O–H groups in total. The van der Waals surface area contributed by atoms with E-state index in [1.54, 1.807) is 12.1 Å². The summed E-state index contributed by atoms with van der Waals surface area (Å²) in [5, 5.41) is 10.5. The number of anilines is 1. The van der Waals surface area contributed by atoms with Crippen LogP contribution < -0.4 is 123 Å². The Morgan fingerprint density at radius 3 is 2.10 bits per heavy atom.